The summed E-state index contributed by atoms with van der Waals surface area (Å²) in [5.41, 5.74) is 1.09. The largest absolute Gasteiger partial charge is 0.497 e. The summed E-state index contributed by atoms with van der Waals surface area (Å²) in [6.07, 6.45) is 3.64. The quantitative estimate of drug-likeness (QED) is 0.227. The summed E-state index contributed by atoms with van der Waals surface area (Å²) < 4.78 is 10.5. The van der Waals surface area contributed by atoms with Crippen molar-refractivity contribution in [3.05, 3.63) is 29.8 Å². The number of nitrogens with zero attached hydrogens (tertiary/aromatic N) is 1. The number of esters is 1. The second-order valence-electron chi connectivity index (χ2n) is 8.26. The second kappa shape index (κ2) is 13.0. The third kappa shape index (κ3) is 7.96. The third-order valence-electron chi connectivity index (χ3n) is 5.52. The molecule has 1 aliphatic carbocycles. The van der Waals surface area contributed by atoms with E-state index < -0.39 is 0 Å². The van der Waals surface area contributed by atoms with E-state index in [0.29, 0.717) is 19.2 Å². The highest BCUT2D eigenvalue weighted by Gasteiger charge is 2.28. The van der Waals surface area contributed by atoms with Crippen LogP contribution in [-0.4, -0.2) is 44.8 Å². The summed E-state index contributed by atoms with van der Waals surface area (Å²) in [6, 6.07) is 8.51. The lowest BCUT2D eigenvalue weighted by atomic mass is 9.84. The number of rotatable bonds is 8. The number of guanidine groups is 1. The van der Waals surface area contributed by atoms with E-state index in [1.165, 1.54) is 5.56 Å². The van der Waals surface area contributed by atoms with Crippen molar-refractivity contribution < 1.29 is 14.3 Å². The van der Waals surface area contributed by atoms with Gasteiger partial charge in [-0.2, -0.15) is 0 Å². The molecule has 0 bridgehead atoms. The molecule has 0 heterocycles. The zero-order chi connectivity index (χ0) is 21.3. The molecule has 1 aromatic carbocycles. The van der Waals surface area contributed by atoms with Gasteiger partial charge in [0.1, 0.15) is 5.75 Å². The van der Waals surface area contributed by atoms with Crippen LogP contribution < -0.4 is 15.4 Å². The number of benzene rings is 1. The average molecular weight is 531 g/mol. The average Bonchev–Trinajstić information content (AvgIpc) is 2.73. The van der Waals surface area contributed by atoms with Crippen molar-refractivity contribution in [2.45, 2.75) is 64.8 Å². The summed E-state index contributed by atoms with van der Waals surface area (Å²) in [5.74, 6) is 1.69. The van der Waals surface area contributed by atoms with Crippen molar-refractivity contribution in [3.63, 3.8) is 0 Å². The van der Waals surface area contributed by atoms with Gasteiger partial charge in [-0.15, -0.1) is 24.0 Å². The number of halogens is 1. The molecule has 0 spiro atoms. The van der Waals surface area contributed by atoms with Gasteiger partial charge in [-0.3, -0.25) is 9.79 Å². The van der Waals surface area contributed by atoms with Crippen LogP contribution in [0.1, 0.15) is 58.9 Å². The molecule has 0 atom stereocenters. The molecule has 1 aromatic rings. The Morgan fingerprint density at radius 2 is 1.90 bits per heavy atom. The highest BCUT2D eigenvalue weighted by molar-refractivity contribution is 14.0. The predicted molar refractivity (Wildman–Crippen MR) is 133 cm³/mol. The lowest BCUT2D eigenvalue weighted by Gasteiger charge is -2.30. The molecule has 0 unspecified atom stereocenters. The molecule has 1 aliphatic rings. The standard InChI is InChI=1S/C23H37N3O3.HI/c1-6-24-22(26-19-13-11-17(12-14-19)21(27)29-7-2)25-16-23(3,4)18-9-8-10-20(15-18)28-5;/h8-10,15,17,19H,6-7,11-14,16H2,1-5H3,(H2,24,25,26);1H. The molecule has 2 N–H and O–H groups in total. The Labute approximate surface area is 198 Å². The van der Waals surface area contributed by atoms with Gasteiger partial charge in [0, 0.05) is 18.0 Å². The van der Waals surface area contributed by atoms with E-state index in [1.54, 1.807) is 7.11 Å². The second-order valence-corrected chi connectivity index (χ2v) is 8.26. The van der Waals surface area contributed by atoms with Crippen molar-refractivity contribution >= 4 is 35.9 Å². The van der Waals surface area contributed by atoms with Crippen LogP contribution in [0.15, 0.2) is 29.3 Å². The SMILES string of the molecule is CCNC(=NCC(C)(C)c1cccc(OC)c1)NC1CCC(C(=O)OCC)CC1.I. The smallest absolute Gasteiger partial charge is 0.308 e. The maximum atomic E-state index is 11.9. The molecule has 2 rings (SSSR count). The number of hydrogen-bond acceptors (Lipinski definition) is 4. The number of aliphatic imine (C=N–C) groups is 1. The summed E-state index contributed by atoms with van der Waals surface area (Å²) in [7, 11) is 1.69. The molecular formula is C23H38IN3O3. The van der Waals surface area contributed by atoms with Gasteiger partial charge in [-0.05, 0) is 57.2 Å². The van der Waals surface area contributed by atoms with Crippen LogP contribution in [-0.2, 0) is 14.9 Å². The highest BCUT2D eigenvalue weighted by atomic mass is 127. The van der Waals surface area contributed by atoms with E-state index in [1.807, 2.05) is 19.1 Å². The first-order valence-corrected chi connectivity index (χ1v) is 10.8. The minimum atomic E-state index is -0.113. The number of carbonyl (C=O) groups is 1. The van der Waals surface area contributed by atoms with Gasteiger partial charge in [-0.1, -0.05) is 26.0 Å². The van der Waals surface area contributed by atoms with Crippen LogP contribution in [0.3, 0.4) is 0 Å². The van der Waals surface area contributed by atoms with E-state index in [-0.39, 0.29) is 41.3 Å². The minimum Gasteiger partial charge on any atom is -0.497 e. The molecule has 6 nitrogen and oxygen atoms in total. The summed E-state index contributed by atoms with van der Waals surface area (Å²) in [5, 5.41) is 6.91. The molecule has 0 saturated heterocycles. The van der Waals surface area contributed by atoms with Gasteiger partial charge in [0.25, 0.3) is 0 Å². The van der Waals surface area contributed by atoms with Crippen molar-refractivity contribution in [2.24, 2.45) is 10.9 Å². The van der Waals surface area contributed by atoms with Crippen LogP contribution in [0, 0.1) is 5.92 Å². The normalized spacial score (nSPS) is 19.4. The Morgan fingerprint density at radius 3 is 2.50 bits per heavy atom. The van der Waals surface area contributed by atoms with Gasteiger partial charge in [0.2, 0.25) is 0 Å². The van der Waals surface area contributed by atoms with E-state index in [9.17, 15) is 4.79 Å². The molecule has 30 heavy (non-hydrogen) atoms. The first-order valence-electron chi connectivity index (χ1n) is 10.8. The number of ether oxygens (including phenoxy) is 2. The fraction of sp³-hybridized carbons (Fsp3) is 0.652. The van der Waals surface area contributed by atoms with Crippen LogP contribution in [0.4, 0.5) is 0 Å². The van der Waals surface area contributed by atoms with Gasteiger partial charge in [-0.25, -0.2) is 0 Å². The lowest BCUT2D eigenvalue weighted by Crippen LogP contribution is -2.46. The topological polar surface area (TPSA) is 72.0 Å². The maximum absolute atomic E-state index is 11.9. The van der Waals surface area contributed by atoms with E-state index in [0.717, 1.165) is 43.9 Å². The third-order valence-corrected chi connectivity index (χ3v) is 5.52. The van der Waals surface area contributed by atoms with Gasteiger partial charge >= 0.3 is 5.97 Å². The van der Waals surface area contributed by atoms with E-state index >= 15 is 0 Å². The Morgan fingerprint density at radius 1 is 1.20 bits per heavy atom. The molecule has 1 saturated carbocycles. The Kier molecular flexibility index (Phi) is 11.5. The number of hydrogen-bond donors (Lipinski definition) is 2. The Hall–Kier alpha value is -1.51. The Bertz CT molecular complexity index is 686. The van der Waals surface area contributed by atoms with Crippen LogP contribution in [0.25, 0.3) is 0 Å². The van der Waals surface area contributed by atoms with Crippen LogP contribution >= 0.6 is 24.0 Å². The molecule has 0 aliphatic heterocycles. The molecule has 7 heteroatoms. The van der Waals surface area contributed by atoms with Gasteiger partial charge in [0.15, 0.2) is 5.96 Å². The van der Waals surface area contributed by atoms with Crippen molar-refractivity contribution in [1.82, 2.24) is 10.6 Å². The number of nitrogens with one attached hydrogen (secondary N) is 2. The summed E-state index contributed by atoms with van der Waals surface area (Å²) in [6.45, 7) is 10.2. The van der Waals surface area contributed by atoms with Crippen LogP contribution in [0.5, 0.6) is 5.75 Å². The van der Waals surface area contributed by atoms with Crippen molar-refractivity contribution in [2.75, 3.05) is 26.8 Å². The number of carbonyl (C=O) groups excluding carboxylic acids is 1. The molecular weight excluding hydrogens is 493 g/mol. The molecule has 0 aromatic heterocycles. The first kappa shape index (κ1) is 26.5. The molecule has 1 fully saturated rings. The predicted octanol–water partition coefficient (Wildman–Crippen LogP) is 4.27. The zero-order valence-electron chi connectivity index (χ0n) is 19.0. The maximum Gasteiger partial charge on any atom is 0.308 e. The Balaban J connectivity index is 0.00000450. The number of methoxy groups -OCH3 is 1. The highest BCUT2D eigenvalue weighted by Crippen LogP contribution is 2.27. The van der Waals surface area contributed by atoms with Crippen molar-refractivity contribution in [3.8, 4) is 5.75 Å². The fourth-order valence-corrected chi connectivity index (χ4v) is 3.66. The van der Waals surface area contributed by atoms with Crippen LogP contribution in [0.2, 0.25) is 0 Å². The molecule has 0 radical (unpaired) electrons. The minimum absolute atomic E-state index is 0. The van der Waals surface area contributed by atoms with Gasteiger partial charge < -0.3 is 20.1 Å². The van der Waals surface area contributed by atoms with E-state index in [2.05, 4.69) is 43.5 Å². The first-order chi connectivity index (χ1) is 13.9. The molecule has 170 valence electrons. The lowest BCUT2D eigenvalue weighted by molar-refractivity contribution is -0.149. The van der Waals surface area contributed by atoms with E-state index in [4.69, 9.17) is 14.5 Å². The van der Waals surface area contributed by atoms with Crippen molar-refractivity contribution in [1.29, 1.82) is 0 Å². The monoisotopic (exact) mass is 531 g/mol. The van der Waals surface area contributed by atoms with Gasteiger partial charge in [0.05, 0.1) is 26.2 Å². The summed E-state index contributed by atoms with van der Waals surface area (Å²) in [4.78, 5) is 16.8. The fourth-order valence-electron chi connectivity index (χ4n) is 3.66. The zero-order valence-corrected chi connectivity index (χ0v) is 21.3. The summed E-state index contributed by atoms with van der Waals surface area (Å²) >= 11 is 0. The molecule has 0 amide bonds.